The number of rotatable bonds is 2. The molecule has 1 amide bonds. The van der Waals surface area contributed by atoms with Crippen molar-refractivity contribution in [1.29, 1.82) is 0 Å². The highest BCUT2D eigenvalue weighted by atomic mass is 35.5. The van der Waals surface area contributed by atoms with E-state index in [0.29, 0.717) is 11.6 Å². The number of para-hydroxylation sites is 1. The van der Waals surface area contributed by atoms with Crippen LogP contribution in [0.4, 0.5) is 0 Å². The summed E-state index contributed by atoms with van der Waals surface area (Å²) in [4.78, 5) is 14.2. The quantitative estimate of drug-likeness (QED) is 0.779. The molecule has 0 saturated carbocycles. The van der Waals surface area contributed by atoms with Crippen LogP contribution in [0.15, 0.2) is 34.7 Å². The minimum Gasteiger partial charge on any atom is -0.451 e. The van der Waals surface area contributed by atoms with Crippen molar-refractivity contribution in [2.75, 3.05) is 12.4 Å². The Morgan fingerprint density at radius 2 is 2.28 bits per heavy atom. The second-order valence-electron chi connectivity index (χ2n) is 4.60. The van der Waals surface area contributed by atoms with Gasteiger partial charge in [-0.15, -0.1) is 11.6 Å². The van der Waals surface area contributed by atoms with Gasteiger partial charge in [-0.25, -0.2) is 0 Å². The zero-order chi connectivity index (χ0) is 12.5. The summed E-state index contributed by atoms with van der Waals surface area (Å²) in [6.45, 7) is 0.771. The van der Waals surface area contributed by atoms with E-state index in [2.05, 4.69) is 0 Å². The van der Waals surface area contributed by atoms with Crippen LogP contribution >= 0.6 is 11.6 Å². The molecule has 0 bridgehead atoms. The van der Waals surface area contributed by atoms with E-state index in [0.717, 1.165) is 30.4 Å². The summed E-state index contributed by atoms with van der Waals surface area (Å²) in [5.74, 6) is 0.856. The standard InChI is InChI=1S/C14H14ClNO2/c15-9-11-5-3-7-16(11)14(17)13-8-10-4-1-2-6-12(10)18-13/h1-2,4,6,8,11H,3,5,7,9H2. The van der Waals surface area contributed by atoms with Crippen molar-refractivity contribution in [1.82, 2.24) is 4.90 Å². The van der Waals surface area contributed by atoms with Gasteiger partial charge in [0, 0.05) is 23.9 Å². The smallest absolute Gasteiger partial charge is 0.289 e. The first-order chi connectivity index (χ1) is 8.79. The minimum absolute atomic E-state index is 0.0469. The highest BCUT2D eigenvalue weighted by molar-refractivity contribution is 6.18. The van der Waals surface area contributed by atoms with Crippen LogP contribution in [-0.2, 0) is 0 Å². The first-order valence-electron chi connectivity index (χ1n) is 6.15. The molecule has 0 N–H and O–H groups in total. The fourth-order valence-corrected chi connectivity index (χ4v) is 2.81. The number of nitrogens with zero attached hydrogens (tertiary/aromatic N) is 1. The molecule has 3 rings (SSSR count). The van der Waals surface area contributed by atoms with Crippen LogP contribution in [0.5, 0.6) is 0 Å². The fourth-order valence-electron chi connectivity index (χ4n) is 2.49. The second-order valence-corrected chi connectivity index (χ2v) is 4.91. The molecular formula is C14H14ClNO2. The van der Waals surface area contributed by atoms with Crippen molar-refractivity contribution in [2.45, 2.75) is 18.9 Å². The number of furan rings is 1. The van der Waals surface area contributed by atoms with Gasteiger partial charge in [0.25, 0.3) is 5.91 Å². The van der Waals surface area contributed by atoms with E-state index in [1.165, 1.54) is 0 Å². The lowest BCUT2D eigenvalue weighted by Gasteiger charge is -2.21. The SMILES string of the molecule is O=C(c1cc2ccccc2o1)N1CCCC1CCl. The van der Waals surface area contributed by atoms with E-state index in [-0.39, 0.29) is 11.9 Å². The van der Waals surface area contributed by atoms with Gasteiger partial charge in [-0.05, 0) is 25.0 Å². The number of benzene rings is 1. The molecule has 3 nitrogen and oxygen atoms in total. The topological polar surface area (TPSA) is 33.5 Å². The van der Waals surface area contributed by atoms with Crippen molar-refractivity contribution in [3.8, 4) is 0 Å². The number of likely N-dealkylation sites (tertiary alicyclic amines) is 1. The Bertz CT molecular complexity index is 545. The number of hydrogen-bond donors (Lipinski definition) is 0. The maximum atomic E-state index is 12.4. The summed E-state index contributed by atoms with van der Waals surface area (Å²) in [5, 5.41) is 0.961. The Balaban J connectivity index is 1.91. The Morgan fingerprint density at radius 3 is 3.06 bits per heavy atom. The summed E-state index contributed by atoms with van der Waals surface area (Å²) in [6.07, 6.45) is 2.00. The van der Waals surface area contributed by atoms with Crippen molar-refractivity contribution in [2.24, 2.45) is 0 Å². The van der Waals surface area contributed by atoms with Crippen LogP contribution in [0.1, 0.15) is 23.4 Å². The Labute approximate surface area is 110 Å². The average molecular weight is 264 g/mol. The highest BCUT2D eigenvalue weighted by Crippen LogP contribution is 2.24. The number of amides is 1. The fraction of sp³-hybridized carbons (Fsp3) is 0.357. The zero-order valence-electron chi connectivity index (χ0n) is 9.93. The molecule has 4 heteroatoms. The number of halogens is 1. The summed E-state index contributed by atoms with van der Waals surface area (Å²) < 4.78 is 5.60. The van der Waals surface area contributed by atoms with Gasteiger partial charge in [-0.3, -0.25) is 4.79 Å². The first kappa shape index (κ1) is 11.6. The molecule has 1 fully saturated rings. The van der Waals surface area contributed by atoms with Crippen LogP contribution in [0.3, 0.4) is 0 Å². The monoisotopic (exact) mass is 263 g/mol. The van der Waals surface area contributed by atoms with Gasteiger partial charge in [-0.1, -0.05) is 18.2 Å². The summed E-state index contributed by atoms with van der Waals surface area (Å²) in [6, 6.07) is 9.60. The summed E-state index contributed by atoms with van der Waals surface area (Å²) in [7, 11) is 0. The van der Waals surface area contributed by atoms with Crippen LogP contribution in [0.25, 0.3) is 11.0 Å². The molecule has 0 aliphatic carbocycles. The predicted molar refractivity (Wildman–Crippen MR) is 71.0 cm³/mol. The molecule has 1 atom stereocenters. The molecule has 1 saturated heterocycles. The molecule has 94 valence electrons. The number of carbonyl (C=O) groups excluding carboxylic acids is 1. The molecule has 2 heterocycles. The van der Waals surface area contributed by atoms with Gasteiger partial charge < -0.3 is 9.32 Å². The number of hydrogen-bond acceptors (Lipinski definition) is 2. The number of carbonyl (C=O) groups is 1. The maximum absolute atomic E-state index is 12.4. The van der Waals surface area contributed by atoms with Gasteiger partial charge in [0.15, 0.2) is 5.76 Å². The average Bonchev–Trinajstić information content (AvgIpc) is 3.03. The highest BCUT2D eigenvalue weighted by Gasteiger charge is 2.30. The van der Waals surface area contributed by atoms with Crippen LogP contribution < -0.4 is 0 Å². The Kier molecular flexibility index (Phi) is 3.00. The van der Waals surface area contributed by atoms with Crippen molar-refractivity contribution in [3.63, 3.8) is 0 Å². The third kappa shape index (κ3) is 1.89. The second kappa shape index (κ2) is 4.65. The largest absolute Gasteiger partial charge is 0.451 e. The van der Waals surface area contributed by atoms with Crippen LogP contribution in [0, 0.1) is 0 Å². The number of alkyl halides is 1. The molecule has 1 aromatic carbocycles. The Hall–Kier alpha value is -1.48. The van der Waals surface area contributed by atoms with E-state index in [4.69, 9.17) is 16.0 Å². The van der Waals surface area contributed by atoms with E-state index in [1.807, 2.05) is 29.2 Å². The van der Waals surface area contributed by atoms with E-state index >= 15 is 0 Å². The van der Waals surface area contributed by atoms with E-state index in [1.54, 1.807) is 6.07 Å². The molecule has 0 spiro atoms. The minimum atomic E-state index is -0.0469. The number of fused-ring (bicyclic) bond motifs is 1. The summed E-state index contributed by atoms with van der Waals surface area (Å²) in [5.41, 5.74) is 0.752. The van der Waals surface area contributed by atoms with Gasteiger partial charge in [0.2, 0.25) is 0 Å². The van der Waals surface area contributed by atoms with Gasteiger partial charge in [0.05, 0.1) is 0 Å². The molecule has 0 radical (unpaired) electrons. The molecule has 1 aromatic heterocycles. The third-order valence-corrected chi connectivity index (χ3v) is 3.81. The van der Waals surface area contributed by atoms with Gasteiger partial charge in [-0.2, -0.15) is 0 Å². The van der Waals surface area contributed by atoms with Gasteiger partial charge in [0.1, 0.15) is 5.58 Å². The van der Waals surface area contributed by atoms with Crippen molar-refractivity contribution < 1.29 is 9.21 Å². The molecule has 1 aliphatic rings. The molecule has 2 aromatic rings. The molecule has 1 aliphatic heterocycles. The zero-order valence-corrected chi connectivity index (χ0v) is 10.7. The van der Waals surface area contributed by atoms with Crippen LogP contribution in [-0.4, -0.2) is 29.3 Å². The third-order valence-electron chi connectivity index (χ3n) is 3.45. The summed E-state index contributed by atoms with van der Waals surface area (Å²) >= 11 is 5.89. The van der Waals surface area contributed by atoms with E-state index < -0.39 is 0 Å². The van der Waals surface area contributed by atoms with Gasteiger partial charge >= 0.3 is 0 Å². The lowest BCUT2D eigenvalue weighted by atomic mass is 10.2. The predicted octanol–water partition coefficient (Wildman–Crippen LogP) is 3.28. The van der Waals surface area contributed by atoms with Crippen LogP contribution in [0.2, 0.25) is 0 Å². The normalized spacial score (nSPS) is 19.6. The molecule has 1 unspecified atom stereocenters. The van der Waals surface area contributed by atoms with E-state index in [9.17, 15) is 4.79 Å². The maximum Gasteiger partial charge on any atom is 0.289 e. The lowest BCUT2D eigenvalue weighted by molar-refractivity contribution is 0.0719. The van der Waals surface area contributed by atoms with Crippen molar-refractivity contribution >= 4 is 28.5 Å². The molecule has 18 heavy (non-hydrogen) atoms. The Morgan fingerprint density at radius 1 is 1.44 bits per heavy atom. The lowest BCUT2D eigenvalue weighted by Crippen LogP contribution is -2.36. The van der Waals surface area contributed by atoms with Crippen molar-refractivity contribution in [3.05, 3.63) is 36.1 Å². The molecular weight excluding hydrogens is 250 g/mol. The first-order valence-corrected chi connectivity index (χ1v) is 6.68.